The zero-order valence-electron chi connectivity index (χ0n) is 7.10. The molecule has 0 bridgehead atoms. The summed E-state index contributed by atoms with van der Waals surface area (Å²) in [5.74, 6) is 1.12. The van der Waals surface area contributed by atoms with Crippen LogP contribution in [0.15, 0.2) is 36.9 Å². The van der Waals surface area contributed by atoms with Crippen LogP contribution in [0.2, 0.25) is 0 Å². The number of benzene rings is 1. The summed E-state index contributed by atoms with van der Waals surface area (Å²) in [4.78, 5) is 10.0. The Morgan fingerprint density at radius 1 is 1.38 bits per heavy atom. The number of hydrogen-bond acceptors (Lipinski definition) is 3. The Morgan fingerprint density at radius 3 is 2.85 bits per heavy atom. The van der Waals surface area contributed by atoms with Crippen molar-refractivity contribution in [2.45, 2.75) is 0 Å². The molecule has 0 fully saturated rings. The summed E-state index contributed by atoms with van der Waals surface area (Å²) in [5.41, 5.74) is 0. The van der Waals surface area contributed by atoms with Gasteiger partial charge in [-0.3, -0.25) is 4.79 Å². The van der Waals surface area contributed by atoms with Gasteiger partial charge >= 0.3 is 0 Å². The van der Waals surface area contributed by atoms with E-state index in [1.54, 1.807) is 30.3 Å². The van der Waals surface area contributed by atoms with Crippen molar-refractivity contribution in [1.29, 1.82) is 0 Å². The van der Waals surface area contributed by atoms with E-state index in [0.29, 0.717) is 24.6 Å². The Balaban J connectivity index is 2.66. The van der Waals surface area contributed by atoms with Gasteiger partial charge in [0.1, 0.15) is 18.1 Å². The predicted octanol–water partition coefficient (Wildman–Crippen LogP) is 1.79. The third kappa shape index (κ3) is 2.99. The van der Waals surface area contributed by atoms with Crippen LogP contribution in [-0.4, -0.2) is 13.1 Å². The van der Waals surface area contributed by atoms with E-state index in [1.165, 1.54) is 0 Å². The molecule has 0 aliphatic heterocycles. The molecule has 13 heavy (non-hydrogen) atoms. The topological polar surface area (TPSA) is 35.5 Å². The fourth-order valence-corrected chi connectivity index (χ4v) is 0.848. The highest BCUT2D eigenvalue weighted by molar-refractivity contribution is 5.46. The lowest BCUT2D eigenvalue weighted by Crippen LogP contribution is -1.93. The summed E-state index contributed by atoms with van der Waals surface area (Å²) in [6, 6.07) is 6.84. The third-order valence-corrected chi connectivity index (χ3v) is 1.36. The molecule has 0 amide bonds. The quantitative estimate of drug-likeness (QED) is 0.509. The second-order valence-corrected chi connectivity index (χ2v) is 2.29. The number of carbonyl (C=O) groups excluding carboxylic acids is 1. The molecule has 0 N–H and O–H groups in total. The lowest BCUT2D eigenvalue weighted by Gasteiger charge is -2.03. The van der Waals surface area contributed by atoms with Crippen LogP contribution in [0.1, 0.15) is 0 Å². The van der Waals surface area contributed by atoms with E-state index in [0.717, 1.165) is 0 Å². The number of rotatable bonds is 5. The van der Waals surface area contributed by atoms with E-state index in [-0.39, 0.29) is 0 Å². The average molecular weight is 178 g/mol. The Morgan fingerprint density at radius 2 is 2.15 bits per heavy atom. The van der Waals surface area contributed by atoms with Crippen LogP contribution in [0.3, 0.4) is 0 Å². The molecule has 0 aromatic heterocycles. The molecule has 0 heterocycles. The molecular formula is C10H10O3. The molecule has 1 rings (SSSR count). The van der Waals surface area contributed by atoms with Crippen LogP contribution in [0.4, 0.5) is 0 Å². The molecule has 68 valence electrons. The Hall–Kier alpha value is -1.77. The summed E-state index contributed by atoms with van der Waals surface area (Å²) < 4.78 is 9.87. The molecule has 0 aliphatic rings. The average Bonchev–Trinajstić information content (AvgIpc) is 2.16. The predicted molar refractivity (Wildman–Crippen MR) is 48.8 cm³/mol. The second-order valence-electron chi connectivity index (χ2n) is 2.29. The molecule has 0 unspecified atom stereocenters. The van der Waals surface area contributed by atoms with Crippen molar-refractivity contribution in [1.82, 2.24) is 0 Å². The van der Waals surface area contributed by atoms with Gasteiger partial charge in [-0.15, -0.1) is 0 Å². The van der Waals surface area contributed by atoms with Crippen molar-refractivity contribution in [3.63, 3.8) is 0 Å². The molecular weight excluding hydrogens is 168 g/mol. The summed E-state index contributed by atoms with van der Waals surface area (Å²) in [6.07, 6.45) is 1.65. The minimum absolute atomic E-state index is 0.382. The van der Waals surface area contributed by atoms with Gasteiger partial charge < -0.3 is 9.47 Å². The van der Waals surface area contributed by atoms with Gasteiger partial charge in [0.15, 0.2) is 0 Å². The van der Waals surface area contributed by atoms with Crippen molar-refractivity contribution in [2.24, 2.45) is 0 Å². The molecule has 0 saturated heterocycles. The number of carbonyl (C=O) groups is 1. The van der Waals surface area contributed by atoms with Crippen LogP contribution in [0.5, 0.6) is 11.5 Å². The van der Waals surface area contributed by atoms with Crippen LogP contribution in [0, 0.1) is 0 Å². The van der Waals surface area contributed by atoms with E-state index >= 15 is 0 Å². The summed E-state index contributed by atoms with van der Waals surface area (Å²) >= 11 is 0. The van der Waals surface area contributed by atoms with Gasteiger partial charge in [0.25, 0.3) is 6.47 Å². The van der Waals surface area contributed by atoms with Crippen LogP contribution >= 0.6 is 0 Å². The molecule has 0 saturated carbocycles. The molecule has 0 aliphatic carbocycles. The van der Waals surface area contributed by atoms with Crippen molar-refractivity contribution < 1.29 is 14.3 Å². The summed E-state index contributed by atoms with van der Waals surface area (Å²) in [7, 11) is 0. The molecule has 3 heteroatoms. The maximum absolute atomic E-state index is 10.0. The van der Waals surface area contributed by atoms with Gasteiger partial charge in [-0.2, -0.15) is 0 Å². The van der Waals surface area contributed by atoms with Crippen molar-refractivity contribution >= 4 is 6.47 Å². The van der Waals surface area contributed by atoms with E-state index in [2.05, 4.69) is 11.3 Å². The fraction of sp³-hybridized carbons (Fsp3) is 0.100. The van der Waals surface area contributed by atoms with Crippen molar-refractivity contribution in [2.75, 3.05) is 6.61 Å². The van der Waals surface area contributed by atoms with Gasteiger partial charge in [0, 0.05) is 6.07 Å². The van der Waals surface area contributed by atoms with E-state index in [9.17, 15) is 4.79 Å². The zero-order chi connectivity index (χ0) is 9.52. The van der Waals surface area contributed by atoms with E-state index in [1.807, 2.05) is 0 Å². The van der Waals surface area contributed by atoms with Gasteiger partial charge in [0.2, 0.25) is 0 Å². The summed E-state index contributed by atoms with van der Waals surface area (Å²) in [5, 5.41) is 0. The molecule has 0 spiro atoms. The minimum atomic E-state index is 0.382. The molecule has 3 nitrogen and oxygen atoms in total. The Kier molecular flexibility index (Phi) is 3.57. The first-order valence-electron chi connectivity index (χ1n) is 3.81. The van der Waals surface area contributed by atoms with Crippen molar-refractivity contribution in [3.8, 4) is 11.5 Å². The smallest absolute Gasteiger partial charge is 0.298 e. The highest BCUT2D eigenvalue weighted by Gasteiger charge is 1.95. The normalized spacial score (nSPS) is 8.92. The Labute approximate surface area is 76.6 Å². The first kappa shape index (κ1) is 9.32. The largest absolute Gasteiger partial charge is 0.489 e. The van der Waals surface area contributed by atoms with Crippen molar-refractivity contribution in [3.05, 3.63) is 36.9 Å². The standard InChI is InChI=1S/C10H10O3/c1-2-6-12-9-4-3-5-10(7-9)13-8-11/h2-5,7-8H,1,6H2. The lowest BCUT2D eigenvalue weighted by molar-refractivity contribution is -0.120. The maximum Gasteiger partial charge on any atom is 0.298 e. The monoisotopic (exact) mass is 178 g/mol. The number of ether oxygens (including phenoxy) is 2. The van der Waals surface area contributed by atoms with Crippen LogP contribution in [0.25, 0.3) is 0 Å². The van der Waals surface area contributed by atoms with E-state index in [4.69, 9.17) is 4.74 Å². The van der Waals surface area contributed by atoms with Gasteiger partial charge in [-0.25, -0.2) is 0 Å². The zero-order valence-corrected chi connectivity index (χ0v) is 7.10. The van der Waals surface area contributed by atoms with E-state index < -0.39 is 0 Å². The molecule has 1 aromatic carbocycles. The summed E-state index contributed by atoms with van der Waals surface area (Å²) in [6.45, 7) is 4.34. The number of hydrogen-bond donors (Lipinski definition) is 0. The first-order valence-corrected chi connectivity index (χ1v) is 3.81. The van der Waals surface area contributed by atoms with Gasteiger partial charge in [-0.1, -0.05) is 18.7 Å². The Bertz CT molecular complexity index is 294. The fourth-order valence-electron chi connectivity index (χ4n) is 0.848. The van der Waals surface area contributed by atoms with Crippen LogP contribution in [-0.2, 0) is 4.79 Å². The van der Waals surface area contributed by atoms with Gasteiger partial charge in [0.05, 0.1) is 0 Å². The molecule has 1 aromatic rings. The highest BCUT2D eigenvalue weighted by Crippen LogP contribution is 2.18. The molecule has 0 radical (unpaired) electrons. The maximum atomic E-state index is 10.0. The lowest BCUT2D eigenvalue weighted by atomic mass is 10.3. The minimum Gasteiger partial charge on any atom is -0.489 e. The highest BCUT2D eigenvalue weighted by atomic mass is 16.5. The van der Waals surface area contributed by atoms with Crippen LogP contribution < -0.4 is 9.47 Å². The third-order valence-electron chi connectivity index (χ3n) is 1.36. The second kappa shape index (κ2) is 4.98. The van der Waals surface area contributed by atoms with Gasteiger partial charge in [-0.05, 0) is 12.1 Å². The first-order chi connectivity index (χ1) is 6.36. The molecule has 0 atom stereocenters. The SMILES string of the molecule is C=CCOc1cccc(OC=O)c1.